The van der Waals surface area contributed by atoms with Crippen LogP contribution in [0.1, 0.15) is 43.5 Å². The second kappa shape index (κ2) is 5.37. The van der Waals surface area contributed by atoms with Crippen LogP contribution >= 0.6 is 11.6 Å². The van der Waals surface area contributed by atoms with Gasteiger partial charge in [0, 0.05) is 19.3 Å². The summed E-state index contributed by atoms with van der Waals surface area (Å²) < 4.78 is 0. The molecule has 1 amide bonds. The average Bonchev–Trinajstić information content (AvgIpc) is 2.68. The minimum Gasteiger partial charge on any atom is -0.372 e. The predicted octanol–water partition coefficient (Wildman–Crippen LogP) is 3.09. The lowest BCUT2D eigenvalue weighted by Gasteiger charge is -2.18. The SMILES string of the molecule is CNc1ncc(C(=O)NC2CCC(C)(C)C2)cc1Cl. The summed E-state index contributed by atoms with van der Waals surface area (Å²) in [5.74, 6) is 0.486. The van der Waals surface area contributed by atoms with Crippen LogP contribution in [-0.2, 0) is 0 Å². The highest BCUT2D eigenvalue weighted by Crippen LogP contribution is 2.37. The predicted molar refractivity (Wildman–Crippen MR) is 77.7 cm³/mol. The van der Waals surface area contributed by atoms with E-state index in [9.17, 15) is 4.79 Å². The lowest BCUT2D eigenvalue weighted by atomic mass is 9.92. The van der Waals surface area contributed by atoms with Crippen molar-refractivity contribution in [3.8, 4) is 0 Å². The maximum absolute atomic E-state index is 12.1. The van der Waals surface area contributed by atoms with E-state index in [1.807, 2.05) is 0 Å². The molecule has 104 valence electrons. The second-order valence-corrected chi connectivity index (χ2v) is 6.29. The van der Waals surface area contributed by atoms with Gasteiger partial charge in [0.2, 0.25) is 0 Å². The van der Waals surface area contributed by atoms with Crippen molar-refractivity contribution in [1.82, 2.24) is 10.3 Å². The van der Waals surface area contributed by atoms with Crippen molar-refractivity contribution < 1.29 is 4.79 Å². The van der Waals surface area contributed by atoms with Gasteiger partial charge in [-0.15, -0.1) is 0 Å². The molecule has 1 aliphatic rings. The van der Waals surface area contributed by atoms with Crippen LogP contribution in [-0.4, -0.2) is 24.0 Å². The van der Waals surface area contributed by atoms with Crippen molar-refractivity contribution in [2.45, 2.75) is 39.2 Å². The molecule has 1 unspecified atom stereocenters. The van der Waals surface area contributed by atoms with Gasteiger partial charge in [0.05, 0.1) is 10.6 Å². The highest BCUT2D eigenvalue weighted by atomic mass is 35.5. The summed E-state index contributed by atoms with van der Waals surface area (Å²) in [4.78, 5) is 16.3. The van der Waals surface area contributed by atoms with Gasteiger partial charge >= 0.3 is 0 Å². The first-order chi connectivity index (χ1) is 8.91. The molecule has 0 radical (unpaired) electrons. The molecule has 0 bridgehead atoms. The summed E-state index contributed by atoms with van der Waals surface area (Å²) >= 11 is 6.03. The van der Waals surface area contributed by atoms with Crippen LogP contribution < -0.4 is 10.6 Å². The molecule has 19 heavy (non-hydrogen) atoms. The number of hydrogen-bond acceptors (Lipinski definition) is 3. The molecule has 1 fully saturated rings. The molecule has 0 spiro atoms. The number of pyridine rings is 1. The number of hydrogen-bond donors (Lipinski definition) is 2. The quantitative estimate of drug-likeness (QED) is 0.895. The van der Waals surface area contributed by atoms with Gasteiger partial charge in [0.15, 0.2) is 0 Å². The number of nitrogens with one attached hydrogen (secondary N) is 2. The first kappa shape index (κ1) is 14.1. The van der Waals surface area contributed by atoms with E-state index in [0.717, 1.165) is 19.3 Å². The molecule has 1 saturated carbocycles. The van der Waals surface area contributed by atoms with Crippen molar-refractivity contribution in [3.05, 3.63) is 22.8 Å². The molecule has 0 saturated heterocycles. The third-order valence-electron chi connectivity index (χ3n) is 3.64. The van der Waals surface area contributed by atoms with Crippen molar-refractivity contribution in [1.29, 1.82) is 0 Å². The van der Waals surface area contributed by atoms with Crippen LogP contribution in [0.5, 0.6) is 0 Å². The summed E-state index contributed by atoms with van der Waals surface area (Å²) in [7, 11) is 1.74. The van der Waals surface area contributed by atoms with E-state index in [0.29, 0.717) is 21.8 Å². The Labute approximate surface area is 118 Å². The van der Waals surface area contributed by atoms with Gasteiger partial charge in [0.1, 0.15) is 5.82 Å². The van der Waals surface area contributed by atoms with Crippen LogP contribution in [0, 0.1) is 5.41 Å². The zero-order valence-corrected chi connectivity index (χ0v) is 12.3. The molecular weight excluding hydrogens is 262 g/mol. The molecule has 1 aromatic rings. The molecule has 1 aliphatic carbocycles. The number of halogens is 1. The van der Waals surface area contributed by atoms with Crippen molar-refractivity contribution in [2.75, 3.05) is 12.4 Å². The summed E-state index contributed by atoms with van der Waals surface area (Å²) in [6.45, 7) is 4.47. The van der Waals surface area contributed by atoms with Crippen LogP contribution in [0.15, 0.2) is 12.3 Å². The number of amides is 1. The van der Waals surface area contributed by atoms with Crippen molar-refractivity contribution in [3.63, 3.8) is 0 Å². The Morgan fingerprint density at radius 3 is 2.79 bits per heavy atom. The zero-order chi connectivity index (χ0) is 14.0. The Balaban J connectivity index is 2.02. The van der Waals surface area contributed by atoms with Gasteiger partial charge in [0.25, 0.3) is 5.91 Å². The Kier molecular flexibility index (Phi) is 3.99. The normalized spacial score (nSPS) is 21.2. The van der Waals surface area contributed by atoms with Gasteiger partial charge in [-0.1, -0.05) is 25.4 Å². The Bertz CT molecular complexity index is 488. The lowest BCUT2D eigenvalue weighted by molar-refractivity contribution is 0.0935. The van der Waals surface area contributed by atoms with Gasteiger partial charge in [-0.3, -0.25) is 4.79 Å². The molecule has 1 heterocycles. The standard InChI is InChI=1S/C14H20ClN3O/c1-14(2)5-4-10(7-14)18-13(19)9-6-11(15)12(16-3)17-8-9/h6,8,10H,4-5,7H2,1-3H3,(H,16,17)(H,18,19). The van der Waals surface area contributed by atoms with E-state index in [2.05, 4.69) is 29.5 Å². The third-order valence-corrected chi connectivity index (χ3v) is 3.93. The monoisotopic (exact) mass is 281 g/mol. The fraction of sp³-hybridized carbons (Fsp3) is 0.571. The third kappa shape index (κ3) is 3.38. The smallest absolute Gasteiger partial charge is 0.253 e. The molecule has 5 heteroatoms. The number of nitrogens with zero attached hydrogens (tertiary/aromatic N) is 1. The summed E-state index contributed by atoms with van der Waals surface area (Å²) in [5, 5.41) is 6.39. The fourth-order valence-corrected chi connectivity index (χ4v) is 2.83. The van der Waals surface area contributed by atoms with Crippen LogP contribution in [0.4, 0.5) is 5.82 Å². The van der Waals surface area contributed by atoms with Crippen LogP contribution in [0.2, 0.25) is 5.02 Å². The molecule has 4 nitrogen and oxygen atoms in total. The van der Waals surface area contributed by atoms with E-state index in [4.69, 9.17) is 11.6 Å². The Morgan fingerprint density at radius 2 is 2.26 bits per heavy atom. The number of rotatable bonds is 3. The van der Waals surface area contributed by atoms with E-state index < -0.39 is 0 Å². The molecule has 0 aromatic carbocycles. The van der Waals surface area contributed by atoms with Crippen LogP contribution in [0.25, 0.3) is 0 Å². The number of carbonyl (C=O) groups is 1. The van der Waals surface area contributed by atoms with Gasteiger partial charge in [-0.25, -0.2) is 4.98 Å². The average molecular weight is 282 g/mol. The topological polar surface area (TPSA) is 54.0 Å². The van der Waals surface area contributed by atoms with E-state index in [-0.39, 0.29) is 11.9 Å². The number of carbonyl (C=O) groups excluding carboxylic acids is 1. The molecule has 2 N–H and O–H groups in total. The van der Waals surface area contributed by atoms with E-state index in [1.165, 1.54) is 0 Å². The van der Waals surface area contributed by atoms with Crippen molar-refractivity contribution >= 4 is 23.3 Å². The second-order valence-electron chi connectivity index (χ2n) is 5.88. The maximum Gasteiger partial charge on any atom is 0.253 e. The number of aromatic nitrogens is 1. The molecule has 2 rings (SSSR count). The molecule has 1 atom stereocenters. The zero-order valence-electron chi connectivity index (χ0n) is 11.6. The highest BCUT2D eigenvalue weighted by molar-refractivity contribution is 6.33. The van der Waals surface area contributed by atoms with E-state index in [1.54, 1.807) is 19.3 Å². The first-order valence-electron chi connectivity index (χ1n) is 6.55. The van der Waals surface area contributed by atoms with Gasteiger partial charge in [-0.2, -0.15) is 0 Å². The van der Waals surface area contributed by atoms with Crippen LogP contribution in [0.3, 0.4) is 0 Å². The summed E-state index contributed by atoms with van der Waals surface area (Å²) in [6.07, 6.45) is 4.76. The molecule has 1 aromatic heterocycles. The first-order valence-corrected chi connectivity index (χ1v) is 6.93. The summed E-state index contributed by atoms with van der Waals surface area (Å²) in [5.41, 5.74) is 0.831. The van der Waals surface area contributed by atoms with E-state index >= 15 is 0 Å². The van der Waals surface area contributed by atoms with Gasteiger partial charge in [-0.05, 0) is 30.7 Å². The minimum atomic E-state index is -0.0975. The minimum absolute atomic E-state index is 0.0975. The fourth-order valence-electron chi connectivity index (χ4n) is 2.57. The molecule has 0 aliphatic heterocycles. The highest BCUT2D eigenvalue weighted by Gasteiger charge is 2.31. The number of anilines is 1. The Hall–Kier alpha value is -1.29. The Morgan fingerprint density at radius 1 is 1.53 bits per heavy atom. The van der Waals surface area contributed by atoms with Crippen molar-refractivity contribution in [2.24, 2.45) is 5.41 Å². The summed E-state index contributed by atoms with van der Waals surface area (Å²) in [6, 6.07) is 1.90. The largest absolute Gasteiger partial charge is 0.372 e. The van der Waals surface area contributed by atoms with Gasteiger partial charge < -0.3 is 10.6 Å². The maximum atomic E-state index is 12.1. The molecular formula is C14H20ClN3O. The lowest BCUT2D eigenvalue weighted by Crippen LogP contribution is -2.33.